The van der Waals surface area contributed by atoms with Crippen LogP contribution in [0.5, 0.6) is 0 Å². The van der Waals surface area contributed by atoms with Gasteiger partial charge in [0.15, 0.2) is 5.58 Å². The molecule has 82 valence electrons. The Labute approximate surface area is 93.3 Å². The molecule has 0 amide bonds. The van der Waals surface area contributed by atoms with Gasteiger partial charge in [-0.2, -0.15) is 0 Å². The second-order valence-corrected chi connectivity index (χ2v) is 3.88. The van der Waals surface area contributed by atoms with E-state index in [0.29, 0.717) is 0 Å². The maximum Gasteiger partial charge on any atom is 0.167 e. The van der Waals surface area contributed by atoms with Gasteiger partial charge in [0.2, 0.25) is 0 Å². The Morgan fingerprint density at radius 2 is 2.19 bits per heavy atom. The Kier molecular flexibility index (Phi) is 2.33. The van der Waals surface area contributed by atoms with Crippen LogP contribution in [0.3, 0.4) is 0 Å². The standard InChI is InChI=1S/C12H13N3O/c1-2-4-11-9(3-1)10(15-16-11)5-6-12-13-7-8-14-12/h1-4H,5-8H2,(H,13,14). The summed E-state index contributed by atoms with van der Waals surface area (Å²) in [7, 11) is 0. The number of hydrogen-bond acceptors (Lipinski definition) is 4. The minimum Gasteiger partial charge on any atom is -0.372 e. The first-order chi connectivity index (χ1) is 7.93. The number of aryl methyl sites for hydroxylation is 1. The predicted octanol–water partition coefficient (Wildman–Crippen LogP) is 1.76. The SMILES string of the molecule is c1ccc2c(CCC3=NCCN3)noc2c1. The zero-order valence-corrected chi connectivity index (χ0v) is 8.94. The average Bonchev–Trinajstić information content (AvgIpc) is 2.96. The van der Waals surface area contributed by atoms with E-state index in [2.05, 4.69) is 15.5 Å². The molecule has 1 aromatic heterocycles. The van der Waals surface area contributed by atoms with Crippen molar-refractivity contribution in [2.45, 2.75) is 12.8 Å². The van der Waals surface area contributed by atoms with Gasteiger partial charge in [0.05, 0.1) is 18.1 Å². The third-order valence-electron chi connectivity index (χ3n) is 2.79. The van der Waals surface area contributed by atoms with Gasteiger partial charge in [0.25, 0.3) is 0 Å². The predicted molar refractivity (Wildman–Crippen MR) is 62.6 cm³/mol. The molecule has 0 saturated heterocycles. The van der Waals surface area contributed by atoms with Crippen LogP contribution in [-0.2, 0) is 6.42 Å². The first kappa shape index (κ1) is 9.39. The fraction of sp³-hybridized carbons (Fsp3) is 0.333. The molecule has 0 aliphatic carbocycles. The van der Waals surface area contributed by atoms with Gasteiger partial charge in [-0.25, -0.2) is 0 Å². The molecule has 0 spiro atoms. The van der Waals surface area contributed by atoms with Crippen molar-refractivity contribution in [1.82, 2.24) is 10.5 Å². The Morgan fingerprint density at radius 3 is 3.06 bits per heavy atom. The highest BCUT2D eigenvalue weighted by molar-refractivity contribution is 5.85. The number of para-hydroxylation sites is 1. The van der Waals surface area contributed by atoms with Crippen LogP contribution in [0.15, 0.2) is 33.8 Å². The molecule has 0 atom stereocenters. The second kappa shape index (κ2) is 3.96. The topological polar surface area (TPSA) is 50.4 Å². The summed E-state index contributed by atoms with van der Waals surface area (Å²) in [5, 5.41) is 8.47. The monoisotopic (exact) mass is 215 g/mol. The zero-order chi connectivity index (χ0) is 10.8. The van der Waals surface area contributed by atoms with Gasteiger partial charge in [-0.1, -0.05) is 17.3 Å². The van der Waals surface area contributed by atoms with Gasteiger partial charge in [0, 0.05) is 24.8 Å². The Balaban J connectivity index is 1.78. The van der Waals surface area contributed by atoms with Gasteiger partial charge in [-0.05, 0) is 12.1 Å². The third kappa shape index (κ3) is 1.66. The van der Waals surface area contributed by atoms with E-state index in [0.717, 1.165) is 48.4 Å². The van der Waals surface area contributed by atoms with E-state index in [1.165, 1.54) is 0 Å². The van der Waals surface area contributed by atoms with Crippen LogP contribution < -0.4 is 5.32 Å². The molecule has 1 N–H and O–H groups in total. The van der Waals surface area contributed by atoms with Crippen molar-refractivity contribution in [2.75, 3.05) is 13.1 Å². The van der Waals surface area contributed by atoms with E-state index < -0.39 is 0 Å². The first-order valence-corrected chi connectivity index (χ1v) is 5.54. The number of nitrogens with zero attached hydrogens (tertiary/aromatic N) is 2. The third-order valence-corrected chi connectivity index (χ3v) is 2.79. The molecule has 1 aliphatic heterocycles. The van der Waals surface area contributed by atoms with Gasteiger partial charge in [-0.3, -0.25) is 4.99 Å². The molecule has 2 heterocycles. The molecule has 1 aliphatic rings. The first-order valence-electron chi connectivity index (χ1n) is 5.54. The minimum atomic E-state index is 0.860. The maximum absolute atomic E-state index is 5.25. The summed E-state index contributed by atoms with van der Waals surface area (Å²) in [4.78, 5) is 4.36. The van der Waals surface area contributed by atoms with Crippen LogP contribution in [-0.4, -0.2) is 24.1 Å². The Hall–Kier alpha value is -1.84. The van der Waals surface area contributed by atoms with Crippen molar-refractivity contribution in [1.29, 1.82) is 0 Å². The van der Waals surface area contributed by atoms with Crippen LogP contribution in [0.1, 0.15) is 12.1 Å². The largest absolute Gasteiger partial charge is 0.372 e. The molecule has 0 unspecified atom stereocenters. The molecule has 1 aromatic carbocycles. The molecule has 0 saturated carbocycles. The van der Waals surface area contributed by atoms with Crippen molar-refractivity contribution in [3.63, 3.8) is 0 Å². The van der Waals surface area contributed by atoms with E-state index in [9.17, 15) is 0 Å². The second-order valence-electron chi connectivity index (χ2n) is 3.88. The lowest BCUT2D eigenvalue weighted by Crippen LogP contribution is -2.18. The maximum atomic E-state index is 5.25. The Morgan fingerprint density at radius 1 is 1.25 bits per heavy atom. The quantitative estimate of drug-likeness (QED) is 0.848. The average molecular weight is 215 g/mol. The summed E-state index contributed by atoms with van der Waals surface area (Å²) >= 11 is 0. The van der Waals surface area contributed by atoms with Gasteiger partial charge in [0.1, 0.15) is 0 Å². The molecule has 4 heteroatoms. The van der Waals surface area contributed by atoms with E-state index in [1.54, 1.807) is 0 Å². The molecule has 0 radical (unpaired) electrons. The van der Waals surface area contributed by atoms with Crippen molar-refractivity contribution >= 4 is 16.8 Å². The molecule has 2 aromatic rings. The highest BCUT2D eigenvalue weighted by Gasteiger charge is 2.10. The number of nitrogens with one attached hydrogen (secondary N) is 1. The normalized spacial score (nSPS) is 15.1. The summed E-state index contributed by atoms with van der Waals surface area (Å²) in [5.74, 6) is 1.09. The number of amidine groups is 1. The van der Waals surface area contributed by atoms with Crippen LogP contribution >= 0.6 is 0 Å². The minimum absolute atomic E-state index is 0.860. The van der Waals surface area contributed by atoms with E-state index in [1.807, 2.05) is 24.3 Å². The summed E-state index contributed by atoms with van der Waals surface area (Å²) < 4.78 is 5.25. The molecular formula is C12H13N3O. The van der Waals surface area contributed by atoms with Gasteiger partial charge >= 0.3 is 0 Å². The lowest BCUT2D eigenvalue weighted by molar-refractivity contribution is 0.446. The molecule has 4 nitrogen and oxygen atoms in total. The van der Waals surface area contributed by atoms with Crippen LogP contribution in [0.2, 0.25) is 0 Å². The number of fused-ring (bicyclic) bond motifs is 1. The number of rotatable bonds is 3. The molecule has 0 fully saturated rings. The summed E-state index contributed by atoms with van der Waals surface area (Å²) in [6.07, 6.45) is 1.79. The molecule has 16 heavy (non-hydrogen) atoms. The van der Waals surface area contributed by atoms with E-state index >= 15 is 0 Å². The van der Waals surface area contributed by atoms with Crippen molar-refractivity contribution in [3.05, 3.63) is 30.0 Å². The molecule has 0 bridgehead atoms. The molecular weight excluding hydrogens is 202 g/mol. The van der Waals surface area contributed by atoms with Crippen LogP contribution in [0.4, 0.5) is 0 Å². The lowest BCUT2D eigenvalue weighted by Gasteiger charge is -1.99. The highest BCUT2D eigenvalue weighted by Crippen LogP contribution is 2.18. The number of benzene rings is 1. The van der Waals surface area contributed by atoms with Crippen LogP contribution in [0, 0.1) is 0 Å². The van der Waals surface area contributed by atoms with E-state index in [4.69, 9.17) is 4.52 Å². The molecule has 3 rings (SSSR count). The van der Waals surface area contributed by atoms with Crippen molar-refractivity contribution in [2.24, 2.45) is 4.99 Å². The van der Waals surface area contributed by atoms with Gasteiger partial charge < -0.3 is 9.84 Å². The summed E-state index contributed by atoms with van der Waals surface area (Å²) in [6, 6.07) is 7.95. The van der Waals surface area contributed by atoms with Gasteiger partial charge in [-0.15, -0.1) is 0 Å². The highest BCUT2D eigenvalue weighted by atomic mass is 16.5. The fourth-order valence-corrected chi connectivity index (χ4v) is 1.97. The number of hydrogen-bond donors (Lipinski definition) is 1. The Bertz CT molecular complexity index is 530. The smallest absolute Gasteiger partial charge is 0.167 e. The van der Waals surface area contributed by atoms with Crippen molar-refractivity contribution in [3.8, 4) is 0 Å². The van der Waals surface area contributed by atoms with Crippen LogP contribution in [0.25, 0.3) is 11.0 Å². The zero-order valence-electron chi connectivity index (χ0n) is 8.94. The number of aliphatic imine (C=N–C) groups is 1. The summed E-state index contributed by atoms with van der Waals surface area (Å²) in [6.45, 7) is 1.86. The lowest BCUT2D eigenvalue weighted by atomic mass is 10.1. The number of aromatic nitrogens is 1. The summed E-state index contributed by atoms with van der Waals surface area (Å²) in [5.41, 5.74) is 1.88. The van der Waals surface area contributed by atoms with E-state index in [-0.39, 0.29) is 0 Å². The fourth-order valence-electron chi connectivity index (χ4n) is 1.97. The van der Waals surface area contributed by atoms with Crippen molar-refractivity contribution < 1.29 is 4.52 Å².